The van der Waals surface area contributed by atoms with Crippen molar-refractivity contribution < 1.29 is 14.3 Å². The van der Waals surface area contributed by atoms with Gasteiger partial charge in [-0.05, 0) is 44.5 Å². The molecule has 3 amide bonds. The Labute approximate surface area is 179 Å². The van der Waals surface area contributed by atoms with Crippen LogP contribution in [-0.4, -0.2) is 52.5 Å². The molecular weight excluding hydrogens is 380 g/mol. The second-order valence-electron chi connectivity index (χ2n) is 7.66. The van der Waals surface area contributed by atoms with Gasteiger partial charge in [-0.2, -0.15) is 0 Å². The predicted octanol–water partition coefficient (Wildman–Crippen LogP) is 4.10. The zero-order chi connectivity index (χ0) is 22.1. The van der Waals surface area contributed by atoms with Gasteiger partial charge in [0.15, 0.2) is 0 Å². The highest BCUT2D eigenvalue weighted by molar-refractivity contribution is 5.92. The van der Waals surface area contributed by atoms with Crippen LogP contribution in [0.4, 0.5) is 10.5 Å². The minimum absolute atomic E-state index is 0.0294. The number of carbonyl (C=O) groups is 2. The normalized spacial score (nSPS) is 10.7. The maximum absolute atomic E-state index is 13.1. The van der Waals surface area contributed by atoms with Crippen LogP contribution in [0.2, 0.25) is 0 Å². The molecule has 0 fully saturated rings. The fourth-order valence-corrected chi connectivity index (χ4v) is 3.13. The van der Waals surface area contributed by atoms with Crippen LogP contribution >= 0.6 is 0 Å². The standard InChI is InChI=1S/C23H34N4O3/c1-6-7-14-26(16-20-11-9-13-25(20)4)22(28)17-27(18(2)3)23(29)24-19-10-8-12-21(15-19)30-5/h8-13,15,18H,6-7,14,16-17H2,1-5H3,(H,24,29). The first kappa shape index (κ1) is 23.3. The molecule has 0 aliphatic heterocycles. The van der Waals surface area contributed by atoms with Crippen LogP contribution in [0.25, 0.3) is 0 Å². The van der Waals surface area contributed by atoms with Crippen LogP contribution in [0.15, 0.2) is 42.6 Å². The van der Waals surface area contributed by atoms with Gasteiger partial charge in [0.25, 0.3) is 0 Å². The van der Waals surface area contributed by atoms with E-state index < -0.39 is 0 Å². The van der Waals surface area contributed by atoms with Gasteiger partial charge in [-0.25, -0.2) is 4.79 Å². The Balaban J connectivity index is 2.10. The smallest absolute Gasteiger partial charge is 0.322 e. The Morgan fingerprint density at radius 3 is 2.57 bits per heavy atom. The summed E-state index contributed by atoms with van der Waals surface area (Å²) in [5.74, 6) is 0.604. The maximum Gasteiger partial charge on any atom is 0.322 e. The van der Waals surface area contributed by atoms with Crippen molar-refractivity contribution in [2.45, 2.75) is 46.2 Å². The summed E-state index contributed by atoms with van der Waals surface area (Å²) in [5, 5.41) is 2.87. The Kier molecular flexibility index (Phi) is 8.77. The number of nitrogens with zero attached hydrogens (tertiary/aromatic N) is 3. The molecule has 2 rings (SSSR count). The van der Waals surface area contributed by atoms with Crippen LogP contribution in [0, 0.1) is 0 Å². The minimum atomic E-state index is -0.305. The first-order valence-electron chi connectivity index (χ1n) is 10.4. The SMILES string of the molecule is CCCCN(Cc1cccn1C)C(=O)CN(C(=O)Nc1cccc(OC)c1)C(C)C. The molecule has 164 valence electrons. The average molecular weight is 415 g/mol. The predicted molar refractivity (Wildman–Crippen MR) is 120 cm³/mol. The Bertz CT molecular complexity index is 831. The van der Waals surface area contributed by atoms with Crippen molar-refractivity contribution in [1.29, 1.82) is 0 Å². The third-order valence-corrected chi connectivity index (χ3v) is 5.05. The number of urea groups is 1. The largest absolute Gasteiger partial charge is 0.497 e. The van der Waals surface area contributed by atoms with Crippen molar-refractivity contribution in [3.05, 3.63) is 48.3 Å². The van der Waals surface area contributed by atoms with Crippen LogP contribution in [0.1, 0.15) is 39.3 Å². The van der Waals surface area contributed by atoms with E-state index in [1.54, 1.807) is 24.1 Å². The molecule has 0 saturated carbocycles. The lowest BCUT2D eigenvalue weighted by Gasteiger charge is -2.30. The monoisotopic (exact) mass is 414 g/mol. The van der Waals surface area contributed by atoms with Gasteiger partial charge in [0.05, 0.1) is 13.7 Å². The molecule has 0 unspecified atom stereocenters. The highest BCUT2D eigenvalue weighted by Gasteiger charge is 2.24. The lowest BCUT2D eigenvalue weighted by molar-refractivity contribution is -0.132. The summed E-state index contributed by atoms with van der Waals surface area (Å²) in [5.41, 5.74) is 1.69. The molecule has 1 aromatic carbocycles. The molecule has 30 heavy (non-hydrogen) atoms. The third-order valence-electron chi connectivity index (χ3n) is 5.05. The van der Waals surface area contributed by atoms with E-state index in [1.807, 2.05) is 60.8 Å². The van der Waals surface area contributed by atoms with E-state index in [2.05, 4.69) is 12.2 Å². The van der Waals surface area contributed by atoms with E-state index in [-0.39, 0.29) is 24.5 Å². The third kappa shape index (κ3) is 6.54. The van der Waals surface area contributed by atoms with Crippen LogP contribution in [0.3, 0.4) is 0 Å². The van der Waals surface area contributed by atoms with Gasteiger partial charge in [-0.1, -0.05) is 19.4 Å². The number of nitrogens with one attached hydrogen (secondary N) is 1. The number of amides is 3. The number of methoxy groups -OCH3 is 1. The fourth-order valence-electron chi connectivity index (χ4n) is 3.13. The summed E-state index contributed by atoms with van der Waals surface area (Å²) in [6, 6.07) is 10.7. The van der Waals surface area contributed by atoms with Crippen molar-refractivity contribution >= 4 is 17.6 Å². The van der Waals surface area contributed by atoms with Gasteiger partial charge in [0.2, 0.25) is 5.91 Å². The van der Waals surface area contributed by atoms with Gasteiger partial charge in [-0.3, -0.25) is 4.79 Å². The zero-order valence-corrected chi connectivity index (χ0v) is 18.7. The van der Waals surface area contributed by atoms with Gasteiger partial charge in [-0.15, -0.1) is 0 Å². The highest BCUT2D eigenvalue weighted by Crippen LogP contribution is 2.18. The van der Waals surface area contributed by atoms with Gasteiger partial charge >= 0.3 is 6.03 Å². The number of unbranched alkanes of at least 4 members (excludes halogenated alkanes) is 1. The van der Waals surface area contributed by atoms with Gasteiger partial charge in [0.1, 0.15) is 12.3 Å². The Morgan fingerprint density at radius 2 is 1.97 bits per heavy atom. The lowest BCUT2D eigenvalue weighted by Crippen LogP contribution is -2.47. The van der Waals surface area contributed by atoms with Crippen LogP contribution in [0.5, 0.6) is 5.75 Å². The van der Waals surface area contributed by atoms with Crippen molar-refractivity contribution in [3.8, 4) is 5.75 Å². The van der Waals surface area contributed by atoms with E-state index in [0.29, 0.717) is 24.5 Å². The molecule has 0 radical (unpaired) electrons. The Morgan fingerprint density at radius 1 is 1.20 bits per heavy atom. The first-order chi connectivity index (χ1) is 14.3. The first-order valence-corrected chi connectivity index (χ1v) is 10.4. The molecule has 1 heterocycles. The number of aryl methyl sites for hydroxylation is 1. The van der Waals surface area contributed by atoms with E-state index in [4.69, 9.17) is 4.74 Å². The molecular formula is C23H34N4O3. The lowest BCUT2D eigenvalue weighted by atomic mass is 10.2. The van der Waals surface area contributed by atoms with Crippen molar-refractivity contribution in [2.75, 3.05) is 25.5 Å². The maximum atomic E-state index is 13.1. The van der Waals surface area contributed by atoms with Crippen molar-refractivity contribution in [1.82, 2.24) is 14.4 Å². The van der Waals surface area contributed by atoms with E-state index >= 15 is 0 Å². The number of rotatable bonds is 10. The molecule has 0 aliphatic rings. The summed E-state index contributed by atoms with van der Waals surface area (Å²) in [7, 11) is 3.55. The second kappa shape index (κ2) is 11.3. The summed E-state index contributed by atoms with van der Waals surface area (Å²) < 4.78 is 7.23. The Hall–Kier alpha value is -2.96. The van der Waals surface area contributed by atoms with Crippen molar-refractivity contribution in [2.24, 2.45) is 7.05 Å². The average Bonchev–Trinajstić information content (AvgIpc) is 3.13. The summed E-state index contributed by atoms with van der Waals surface area (Å²) >= 11 is 0. The summed E-state index contributed by atoms with van der Waals surface area (Å²) in [4.78, 5) is 29.4. The second-order valence-corrected chi connectivity index (χ2v) is 7.66. The highest BCUT2D eigenvalue weighted by atomic mass is 16.5. The molecule has 1 N–H and O–H groups in total. The number of anilines is 1. The number of hydrogen-bond acceptors (Lipinski definition) is 3. The number of benzene rings is 1. The molecule has 2 aromatic rings. The number of ether oxygens (including phenoxy) is 1. The molecule has 7 nitrogen and oxygen atoms in total. The van der Waals surface area contributed by atoms with Gasteiger partial charge < -0.3 is 24.4 Å². The van der Waals surface area contributed by atoms with Crippen LogP contribution in [-0.2, 0) is 18.4 Å². The van der Waals surface area contributed by atoms with E-state index in [0.717, 1.165) is 18.5 Å². The number of hydrogen-bond donors (Lipinski definition) is 1. The van der Waals surface area contributed by atoms with E-state index in [9.17, 15) is 9.59 Å². The van der Waals surface area contributed by atoms with Crippen molar-refractivity contribution in [3.63, 3.8) is 0 Å². The molecule has 0 spiro atoms. The van der Waals surface area contributed by atoms with Crippen LogP contribution < -0.4 is 10.1 Å². The molecule has 0 bridgehead atoms. The molecule has 1 aromatic heterocycles. The topological polar surface area (TPSA) is 66.8 Å². The number of aromatic nitrogens is 1. The van der Waals surface area contributed by atoms with E-state index in [1.165, 1.54) is 0 Å². The van der Waals surface area contributed by atoms with Gasteiger partial charge in [0, 0.05) is 43.3 Å². The summed E-state index contributed by atoms with van der Waals surface area (Å²) in [6.45, 7) is 7.16. The quantitative estimate of drug-likeness (QED) is 0.636. The molecule has 0 aliphatic carbocycles. The zero-order valence-electron chi connectivity index (χ0n) is 18.7. The molecule has 0 atom stereocenters. The summed E-state index contributed by atoms with van der Waals surface area (Å²) in [6.07, 6.45) is 3.90. The minimum Gasteiger partial charge on any atom is -0.497 e. The number of carbonyl (C=O) groups excluding carboxylic acids is 2. The molecule has 7 heteroatoms. The fraction of sp³-hybridized carbons (Fsp3) is 0.478. The molecule has 0 saturated heterocycles.